The fourth-order valence-electron chi connectivity index (χ4n) is 16.1. The van der Waals surface area contributed by atoms with Crippen molar-refractivity contribution >= 4 is 86.7 Å². The molecule has 0 amide bonds. The average molecular weight is 1030 g/mol. The van der Waals surface area contributed by atoms with Gasteiger partial charge in [-0.1, -0.05) is 199 Å². The van der Waals surface area contributed by atoms with Crippen molar-refractivity contribution in [1.82, 2.24) is 9.13 Å². The van der Waals surface area contributed by atoms with Gasteiger partial charge in [-0.05, 0) is 188 Å². The zero-order valence-electron chi connectivity index (χ0n) is 46.3. The van der Waals surface area contributed by atoms with Gasteiger partial charge >= 0.3 is 0 Å². The van der Waals surface area contributed by atoms with Gasteiger partial charge in [0.05, 0.1) is 27.8 Å². The second-order valence-electron chi connectivity index (χ2n) is 25.1. The highest BCUT2D eigenvalue weighted by molar-refractivity contribution is 6.23. The molecule has 0 unspecified atom stereocenters. The minimum absolute atomic E-state index is 0.225. The molecule has 15 aromatic rings. The second kappa shape index (κ2) is 15.4. The molecule has 0 N–H and O–H groups in total. The zero-order valence-corrected chi connectivity index (χ0v) is 46.3. The number of nitrogens with zero attached hydrogens (tertiary/aromatic N) is 2. The molecule has 3 aliphatic carbocycles. The Morgan fingerprint density at radius 1 is 0.259 bits per heavy atom. The number of rotatable bonds is 3. The number of fused-ring (bicyclic) bond motifs is 23. The summed E-state index contributed by atoms with van der Waals surface area (Å²) in [5.74, 6) is 0. The molecule has 0 bridgehead atoms. The molecule has 0 radical (unpaired) electrons. The van der Waals surface area contributed by atoms with Crippen LogP contribution in [-0.2, 0) is 16.2 Å². The molecule has 18 rings (SSSR count). The third-order valence-corrected chi connectivity index (χ3v) is 20.1. The minimum atomic E-state index is -0.255. The Hall–Kier alpha value is -9.50. The van der Waals surface area contributed by atoms with E-state index in [1.165, 1.54) is 176 Å². The molecule has 2 heteroatoms. The molecule has 0 saturated heterocycles. The van der Waals surface area contributed by atoms with Crippen molar-refractivity contribution in [2.24, 2.45) is 0 Å². The van der Waals surface area contributed by atoms with Gasteiger partial charge in [-0.25, -0.2) is 0 Å². The lowest BCUT2D eigenvalue weighted by Gasteiger charge is -2.25. The SMILES string of the molecule is CC1(C)c2cc3c(cc2-c2cc4c(cc21)-c1c(cc(-n2c5ccccc5c5c6ccccc6ccc52)c2ccccc12)C4(C)C)C(C)(C)c1cc(-c2ccc(-n4c5ccccc5c5c6ccccc6ccc54)cc2)c2ccccc2c1-3. The number of benzene rings is 13. The van der Waals surface area contributed by atoms with Crippen LogP contribution in [0.25, 0.3) is 143 Å². The van der Waals surface area contributed by atoms with E-state index in [4.69, 9.17) is 0 Å². The van der Waals surface area contributed by atoms with Gasteiger partial charge < -0.3 is 9.13 Å². The highest BCUT2D eigenvalue weighted by Gasteiger charge is 2.46. The molecule has 81 heavy (non-hydrogen) atoms. The van der Waals surface area contributed by atoms with Crippen LogP contribution >= 0.6 is 0 Å². The highest BCUT2D eigenvalue weighted by atomic mass is 15.0. The van der Waals surface area contributed by atoms with Crippen LogP contribution in [0.1, 0.15) is 74.9 Å². The first-order chi connectivity index (χ1) is 39.5. The predicted molar refractivity (Wildman–Crippen MR) is 343 cm³/mol. The van der Waals surface area contributed by atoms with E-state index in [1.807, 2.05) is 0 Å². The Kier molecular flexibility index (Phi) is 8.65. The first kappa shape index (κ1) is 45.4. The zero-order chi connectivity index (χ0) is 54.0. The molecule has 0 fully saturated rings. The molecular weight excluding hydrogens is 977 g/mol. The Balaban J connectivity index is 0.770. The molecular formula is C79H56N2. The first-order valence-corrected chi connectivity index (χ1v) is 28.9. The quantitative estimate of drug-likeness (QED) is 0.167. The summed E-state index contributed by atoms with van der Waals surface area (Å²) in [6.45, 7) is 14.8. The summed E-state index contributed by atoms with van der Waals surface area (Å²) >= 11 is 0. The summed E-state index contributed by atoms with van der Waals surface area (Å²) < 4.78 is 5.00. The maximum Gasteiger partial charge on any atom is 0.0547 e. The lowest BCUT2D eigenvalue weighted by molar-refractivity contribution is 0.649. The molecule has 3 aliphatic rings. The van der Waals surface area contributed by atoms with Gasteiger partial charge in [0.15, 0.2) is 0 Å². The molecule has 0 saturated carbocycles. The first-order valence-electron chi connectivity index (χ1n) is 28.9. The monoisotopic (exact) mass is 1030 g/mol. The van der Waals surface area contributed by atoms with Crippen LogP contribution in [0.5, 0.6) is 0 Å². The van der Waals surface area contributed by atoms with Gasteiger partial charge in [-0.15, -0.1) is 0 Å². The third-order valence-electron chi connectivity index (χ3n) is 20.1. The largest absolute Gasteiger partial charge is 0.309 e. The maximum absolute atomic E-state index is 2.61. The van der Waals surface area contributed by atoms with Gasteiger partial charge in [0.1, 0.15) is 0 Å². The van der Waals surface area contributed by atoms with Crippen LogP contribution in [-0.4, -0.2) is 9.13 Å². The van der Waals surface area contributed by atoms with E-state index in [-0.39, 0.29) is 16.2 Å². The van der Waals surface area contributed by atoms with Crippen molar-refractivity contribution in [2.45, 2.75) is 57.8 Å². The van der Waals surface area contributed by atoms with Crippen LogP contribution in [0.3, 0.4) is 0 Å². The average Bonchev–Trinajstić information content (AvgIpc) is 4.39. The summed E-state index contributed by atoms with van der Waals surface area (Å²) in [5, 5.41) is 15.5. The number of para-hydroxylation sites is 2. The van der Waals surface area contributed by atoms with Gasteiger partial charge in [-0.2, -0.15) is 0 Å². The molecule has 0 aliphatic heterocycles. The molecule has 2 nitrogen and oxygen atoms in total. The fraction of sp³-hybridized carbons (Fsp3) is 0.114. The summed E-state index contributed by atoms with van der Waals surface area (Å²) in [5.41, 5.74) is 25.9. The Bertz CT molecular complexity index is 5360. The Morgan fingerprint density at radius 3 is 1.20 bits per heavy atom. The van der Waals surface area contributed by atoms with E-state index >= 15 is 0 Å². The Morgan fingerprint density at radius 2 is 0.642 bits per heavy atom. The van der Waals surface area contributed by atoms with Crippen LogP contribution in [0.15, 0.2) is 231 Å². The van der Waals surface area contributed by atoms with Crippen molar-refractivity contribution in [3.8, 4) is 55.9 Å². The smallest absolute Gasteiger partial charge is 0.0547 e. The predicted octanol–water partition coefficient (Wildman–Crippen LogP) is 21.1. The van der Waals surface area contributed by atoms with Gasteiger partial charge in [0, 0.05) is 48.9 Å². The minimum Gasteiger partial charge on any atom is -0.309 e. The third kappa shape index (κ3) is 5.72. The number of hydrogen-bond donors (Lipinski definition) is 0. The number of aromatic nitrogens is 2. The summed E-state index contributed by atoms with van der Waals surface area (Å²) in [7, 11) is 0. The van der Waals surface area contributed by atoms with Gasteiger partial charge in [0.25, 0.3) is 0 Å². The van der Waals surface area contributed by atoms with E-state index in [0.29, 0.717) is 0 Å². The topological polar surface area (TPSA) is 9.86 Å². The highest BCUT2D eigenvalue weighted by Crippen LogP contribution is 2.62. The van der Waals surface area contributed by atoms with Crippen LogP contribution in [0.4, 0.5) is 0 Å². The van der Waals surface area contributed by atoms with Gasteiger partial charge in [-0.3, -0.25) is 0 Å². The molecule has 0 atom stereocenters. The summed E-state index contributed by atoms with van der Waals surface area (Å²) in [6.07, 6.45) is 0. The van der Waals surface area contributed by atoms with E-state index < -0.39 is 0 Å². The van der Waals surface area contributed by atoms with Crippen LogP contribution in [0.2, 0.25) is 0 Å². The van der Waals surface area contributed by atoms with Gasteiger partial charge in [0.2, 0.25) is 0 Å². The molecule has 2 aromatic heterocycles. The Labute approximate surface area is 470 Å². The van der Waals surface area contributed by atoms with Crippen molar-refractivity contribution in [1.29, 1.82) is 0 Å². The summed E-state index contributed by atoms with van der Waals surface area (Å²) in [6, 6.07) is 87.9. The van der Waals surface area contributed by atoms with Crippen molar-refractivity contribution < 1.29 is 0 Å². The lowest BCUT2D eigenvalue weighted by Crippen LogP contribution is -2.17. The molecule has 13 aromatic carbocycles. The summed E-state index contributed by atoms with van der Waals surface area (Å²) in [4.78, 5) is 0. The van der Waals surface area contributed by atoms with Crippen molar-refractivity contribution in [2.75, 3.05) is 0 Å². The lowest BCUT2D eigenvalue weighted by atomic mass is 9.78. The van der Waals surface area contributed by atoms with E-state index in [2.05, 4.69) is 281 Å². The van der Waals surface area contributed by atoms with E-state index in [1.54, 1.807) is 0 Å². The van der Waals surface area contributed by atoms with Crippen LogP contribution in [0, 0.1) is 0 Å². The normalized spacial score (nSPS) is 15.1. The number of hydrogen-bond acceptors (Lipinski definition) is 0. The molecule has 2 heterocycles. The fourth-order valence-corrected chi connectivity index (χ4v) is 16.1. The second-order valence-corrected chi connectivity index (χ2v) is 25.1. The van der Waals surface area contributed by atoms with E-state index in [0.717, 1.165) is 0 Å². The van der Waals surface area contributed by atoms with Crippen molar-refractivity contribution in [3.05, 3.63) is 264 Å². The maximum atomic E-state index is 2.61. The molecule has 0 spiro atoms. The van der Waals surface area contributed by atoms with E-state index in [9.17, 15) is 0 Å². The standard InChI is InChI=1S/C79H56N2/c1-77(2)62-42-60-64(78(3,4)66-39-57(51-23-11-13-25-53(51)73(60)66)47-31-35-48(36-32-47)80-68-29-17-15-27-55(68)75-49-21-9-7-19-45(49)33-37-70(75)80)40-58(62)59-41-65-61(43-63(59)77)74-54-26-14-12-24-52(54)72(44-67(74)79(65,5)6)81-69-30-18-16-28-56(69)76-50-22-10-8-20-46(50)34-38-71(76)81/h7-44H,1-6H3. The molecule has 382 valence electrons. The van der Waals surface area contributed by atoms with Crippen molar-refractivity contribution in [3.63, 3.8) is 0 Å². The van der Waals surface area contributed by atoms with Crippen LogP contribution < -0.4 is 0 Å².